The van der Waals surface area contributed by atoms with Crippen LogP contribution in [0.25, 0.3) is 0 Å². The molecule has 0 spiro atoms. The molecule has 36 nitrogen and oxygen atoms in total. The summed E-state index contributed by atoms with van der Waals surface area (Å²) in [5.74, 6) is -3.72. The zero-order valence-corrected chi connectivity index (χ0v) is 55.2. The van der Waals surface area contributed by atoms with Crippen molar-refractivity contribution >= 4 is 29.5 Å². The number of carbonyl (C=O) groups excluding carboxylic acids is 5. The average molecular weight is 1410 g/mol. The number of aliphatic hydroxyl groups excluding tert-OH is 14. The molecule has 0 bridgehead atoms. The molecular weight excluding hydrogens is 1310 g/mol. The number of benzene rings is 1. The first-order valence-corrected chi connectivity index (χ1v) is 32.8. The minimum atomic E-state index is -2.07. The fourth-order valence-electron chi connectivity index (χ4n) is 12.4. The van der Waals surface area contributed by atoms with Crippen LogP contribution in [0.5, 0.6) is 5.75 Å². The van der Waals surface area contributed by atoms with Crippen LogP contribution in [0, 0.1) is 0 Å². The smallest absolute Gasteiger partial charge is 0.251 e. The van der Waals surface area contributed by atoms with Crippen molar-refractivity contribution in [2.75, 3.05) is 39.6 Å². The molecule has 1 aromatic carbocycles. The second kappa shape index (κ2) is 37.9. The molecule has 6 aliphatic rings. The van der Waals surface area contributed by atoms with Crippen molar-refractivity contribution in [1.82, 2.24) is 26.6 Å². The molecule has 19 N–H and O–H groups in total. The van der Waals surface area contributed by atoms with Crippen molar-refractivity contribution in [3.05, 3.63) is 42.0 Å². The van der Waals surface area contributed by atoms with Gasteiger partial charge in [-0.15, -0.1) is 0 Å². The number of amides is 5. The number of unbranched alkanes of at least 4 members (excludes halogenated alkanes) is 5. The Morgan fingerprint density at radius 1 is 0.449 bits per heavy atom. The zero-order chi connectivity index (χ0) is 71.8. The highest BCUT2D eigenvalue weighted by Crippen LogP contribution is 2.37. The normalized spacial score (nSPS) is 39.9. The van der Waals surface area contributed by atoms with E-state index >= 15 is 0 Å². The Labute approximate surface area is 564 Å². The van der Waals surface area contributed by atoms with E-state index in [0.717, 1.165) is 53.4 Å². The van der Waals surface area contributed by atoms with Crippen molar-refractivity contribution in [2.24, 2.45) is 0 Å². The molecule has 0 saturated carbocycles. The Bertz CT molecular complexity index is 2710. The predicted molar refractivity (Wildman–Crippen MR) is 328 cm³/mol. The molecule has 558 valence electrons. The van der Waals surface area contributed by atoms with Crippen LogP contribution in [0.2, 0.25) is 0 Å². The Kier molecular flexibility index (Phi) is 31.1. The summed E-state index contributed by atoms with van der Waals surface area (Å²) in [4.78, 5) is 65.0. The monoisotopic (exact) mass is 1410 g/mol. The van der Waals surface area contributed by atoms with Crippen molar-refractivity contribution < 1.29 is 152 Å². The molecule has 6 heterocycles. The highest BCUT2D eigenvalue weighted by Gasteiger charge is 2.58. The molecule has 1 aromatic rings. The second-order valence-corrected chi connectivity index (χ2v) is 25.1. The van der Waals surface area contributed by atoms with E-state index in [-0.39, 0.29) is 5.56 Å². The fourth-order valence-corrected chi connectivity index (χ4v) is 12.4. The first kappa shape index (κ1) is 80.4. The van der Waals surface area contributed by atoms with E-state index in [1.54, 1.807) is 12.1 Å². The Morgan fingerprint density at radius 2 is 0.878 bits per heavy atom. The lowest BCUT2D eigenvalue weighted by atomic mass is 9.93. The van der Waals surface area contributed by atoms with E-state index in [4.69, 9.17) is 56.8 Å². The maximum Gasteiger partial charge on any atom is 0.251 e. The van der Waals surface area contributed by atoms with Gasteiger partial charge >= 0.3 is 0 Å². The van der Waals surface area contributed by atoms with Gasteiger partial charge in [-0.25, -0.2) is 0 Å². The van der Waals surface area contributed by atoms with Crippen molar-refractivity contribution in [1.29, 1.82) is 0 Å². The van der Waals surface area contributed by atoms with Gasteiger partial charge in [-0.2, -0.15) is 0 Å². The molecule has 6 aliphatic heterocycles. The molecule has 14 unspecified atom stereocenters. The topological polar surface area (TPSA) is 539 Å². The molecule has 0 aromatic heterocycles. The van der Waals surface area contributed by atoms with E-state index < -0.39 is 246 Å². The SMILES string of the molecule is CCCCCC/C=C\CCCOc1cccc(C(=O)N[C@@H]2C(O[C@H]3C(O)C(NC(C)=O)C(O[C@@H]4C(CO)O[C@@H](O[C@H]5C(O)C(NC(C)=O)C(OC6C(CO[C@@H]7OC(C)C(O)[C@H](O)[C@H]7O)O[C@@H](O)[C@@H](NC(C)=O)[C@H]6O)O[C@H]5CO)[C@@H](NC(C)=O)C4O)O[C@H]3CO)OC(CO)[C@@H](O)[C@@H]2O)c1. The summed E-state index contributed by atoms with van der Waals surface area (Å²) in [6.45, 7) is 3.29. The third-order valence-electron chi connectivity index (χ3n) is 17.6. The highest BCUT2D eigenvalue weighted by molar-refractivity contribution is 5.94. The number of carbonyl (C=O) groups is 5. The number of allylic oxidation sites excluding steroid dienone is 2. The maximum absolute atomic E-state index is 13.9. The summed E-state index contributed by atoms with van der Waals surface area (Å²) in [5, 5.41) is 168. The molecule has 30 atom stereocenters. The fraction of sp³-hybridized carbons (Fsp3) is 0.790. The maximum atomic E-state index is 13.9. The van der Waals surface area contributed by atoms with Crippen LogP contribution in [-0.2, 0) is 71.3 Å². The Morgan fingerprint density at radius 3 is 1.34 bits per heavy atom. The van der Waals surface area contributed by atoms with Crippen molar-refractivity contribution in [3.63, 3.8) is 0 Å². The standard InChI is InChI=1S/C62H99N5O31/c1-7-8-9-10-11-12-13-14-15-19-87-32-18-16-17-31(20-32)56(85)67-39-45(78)44(77)33(21-68)91-58(39)95-52-34(22-69)92-59(40(47(52)80)64-28(4)73)96-53-35(23-70)93-60(41(48(53)81)65-29(5)74)97-54-36(24-71)94-61(42(49(54)82)66-30(6)75)98-55-37(90-57(86)38(46(55)79)63-27(3)72)25-88-62-51(84)50(83)43(76)26(2)89-62/h12-13,16-18,20,26,33-55,57-62,68-71,76-84,86H,7-11,14-15,19,21-25H2,1-6H3,(H,63,72)(H,64,73)(H,65,74)(H,66,75)(H,67,85)/b13-12-/t26?,33?,34-,35?,36-,37?,38-,39-,40?,41-,42?,43?,44+,45+,46+,47?,48?,49?,50-,51+,52+,53+,54+,55?,57+,58?,59?,60-,61?,62+/m0/s1. The first-order chi connectivity index (χ1) is 46.7. The number of hydrogen-bond acceptors (Lipinski definition) is 31. The van der Waals surface area contributed by atoms with E-state index in [9.17, 15) is 95.5 Å². The summed E-state index contributed by atoms with van der Waals surface area (Å²) in [6, 6.07) is -2.52. The van der Waals surface area contributed by atoms with Crippen molar-refractivity contribution in [2.45, 2.75) is 270 Å². The van der Waals surface area contributed by atoms with Gasteiger partial charge in [0.1, 0.15) is 146 Å². The largest absolute Gasteiger partial charge is 0.494 e. The summed E-state index contributed by atoms with van der Waals surface area (Å²) in [5.41, 5.74) is 0.0454. The summed E-state index contributed by atoms with van der Waals surface area (Å²) >= 11 is 0. The van der Waals surface area contributed by atoms with Crippen LogP contribution >= 0.6 is 0 Å². The van der Waals surface area contributed by atoms with Crippen LogP contribution in [0.1, 0.15) is 96.8 Å². The van der Waals surface area contributed by atoms with Crippen LogP contribution in [0.15, 0.2) is 36.4 Å². The van der Waals surface area contributed by atoms with Gasteiger partial charge in [-0.05, 0) is 50.8 Å². The Hall–Kier alpha value is -4.89. The number of nitrogens with one attached hydrogen (secondary N) is 5. The summed E-state index contributed by atoms with van der Waals surface area (Å²) < 4.78 is 71.9. The Balaban J connectivity index is 1.07. The molecular formula is C62H99N5O31. The molecule has 98 heavy (non-hydrogen) atoms. The minimum Gasteiger partial charge on any atom is -0.494 e. The number of ether oxygens (including phenoxy) is 12. The third kappa shape index (κ3) is 20.5. The average Bonchev–Trinajstić information content (AvgIpc) is 0.772. The minimum absolute atomic E-state index is 0.0454. The molecule has 6 saturated heterocycles. The molecule has 36 heteroatoms. The number of aliphatic hydroxyl groups is 14. The van der Waals surface area contributed by atoms with Gasteiger partial charge in [0.05, 0.1) is 45.7 Å². The van der Waals surface area contributed by atoms with E-state index in [0.29, 0.717) is 18.8 Å². The second-order valence-electron chi connectivity index (χ2n) is 25.1. The number of hydrogen-bond donors (Lipinski definition) is 19. The van der Waals surface area contributed by atoms with E-state index in [2.05, 4.69) is 45.7 Å². The van der Waals surface area contributed by atoms with Gasteiger partial charge in [0.2, 0.25) is 23.6 Å². The lowest BCUT2D eigenvalue weighted by Gasteiger charge is -2.51. The van der Waals surface area contributed by atoms with Crippen LogP contribution < -0.4 is 31.3 Å². The zero-order valence-electron chi connectivity index (χ0n) is 55.2. The van der Waals surface area contributed by atoms with Crippen LogP contribution in [0.4, 0.5) is 0 Å². The third-order valence-corrected chi connectivity index (χ3v) is 17.6. The predicted octanol–water partition coefficient (Wildman–Crippen LogP) is -7.37. The van der Waals surface area contributed by atoms with Gasteiger partial charge in [0, 0.05) is 33.3 Å². The van der Waals surface area contributed by atoms with Gasteiger partial charge < -0.3 is 155 Å². The summed E-state index contributed by atoms with van der Waals surface area (Å²) in [6.07, 6.45) is -33.6. The van der Waals surface area contributed by atoms with Crippen molar-refractivity contribution in [3.8, 4) is 5.75 Å². The lowest BCUT2D eigenvalue weighted by Crippen LogP contribution is -2.72. The van der Waals surface area contributed by atoms with E-state index in [1.807, 2.05) is 0 Å². The van der Waals surface area contributed by atoms with Gasteiger partial charge in [-0.3, -0.25) is 24.0 Å². The molecule has 7 rings (SSSR count). The lowest BCUT2D eigenvalue weighted by molar-refractivity contribution is -0.368. The highest BCUT2D eigenvalue weighted by atomic mass is 16.8. The van der Waals surface area contributed by atoms with Gasteiger partial charge in [0.15, 0.2) is 37.7 Å². The number of rotatable bonds is 31. The van der Waals surface area contributed by atoms with Crippen LogP contribution in [0.3, 0.4) is 0 Å². The van der Waals surface area contributed by atoms with Gasteiger partial charge in [-0.1, -0.05) is 44.4 Å². The molecule has 5 amide bonds. The molecule has 6 fully saturated rings. The molecule has 0 aliphatic carbocycles. The van der Waals surface area contributed by atoms with Gasteiger partial charge in [0.25, 0.3) is 5.91 Å². The quantitative estimate of drug-likeness (QED) is 0.0243. The van der Waals surface area contributed by atoms with E-state index in [1.165, 1.54) is 31.9 Å². The summed E-state index contributed by atoms with van der Waals surface area (Å²) in [7, 11) is 0. The van der Waals surface area contributed by atoms with Crippen LogP contribution in [-0.4, -0.2) is 325 Å². The first-order valence-electron chi connectivity index (χ1n) is 32.8. The molecule has 0 radical (unpaired) electrons.